The third-order valence-electron chi connectivity index (χ3n) is 4.03. The Balaban J connectivity index is 2.26. The predicted octanol–water partition coefficient (Wildman–Crippen LogP) is 2.69. The van der Waals surface area contributed by atoms with Crippen molar-refractivity contribution >= 4 is 35.0 Å². The zero-order chi connectivity index (χ0) is 17.7. The molecule has 130 valence electrons. The van der Waals surface area contributed by atoms with E-state index in [1.54, 1.807) is 6.07 Å². The van der Waals surface area contributed by atoms with Gasteiger partial charge in [0.1, 0.15) is 0 Å². The number of hydrogen-bond donors (Lipinski definition) is 1. The van der Waals surface area contributed by atoms with Crippen LogP contribution < -0.4 is 5.32 Å². The second-order valence-corrected chi connectivity index (χ2v) is 6.25. The molecule has 1 atom stereocenters. The minimum atomic E-state index is -0.497. The molecule has 1 fully saturated rings. The Morgan fingerprint density at radius 3 is 2.58 bits per heavy atom. The number of rotatable bonds is 3. The van der Waals surface area contributed by atoms with E-state index >= 15 is 0 Å². The molecule has 2 rings (SSSR count). The second kappa shape index (κ2) is 8.10. The van der Waals surface area contributed by atoms with Gasteiger partial charge in [-0.05, 0) is 49.2 Å². The van der Waals surface area contributed by atoms with Crippen molar-refractivity contribution in [2.75, 3.05) is 32.6 Å². The van der Waals surface area contributed by atoms with Crippen molar-refractivity contribution in [2.45, 2.75) is 19.8 Å². The standard InChI is InChI=1S/C17H22N2O4S/c1-11-5-4-8-19(10-11)17(24)18-14-9-12(15(20)22-2)6-7-13(14)16(21)23-3/h6-7,9,11H,4-5,8,10H2,1-3H3,(H,18,24)/t11-/m1/s1. The van der Waals surface area contributed by atoms with E-state index in [9.17, 15) is 9.59 Å². The number of carbonyl (C=O) groups is 2. The number of likely N-dealkylation sites (tertiary alicyclic amines) is 1. The summed E-state index contributed by atoms with van der Waals surface area (Å²) in [5.74, 6) is -0.407. The molecule has 1 N–H and O–H groups in total. The van der Waals surface area contributed by atoms with Crippen LogP contribution in [0.3, 0.4) is 0 Å². The van der Waals surface area contributed by atoms with Crippen LogP contribution in [0, 0.1) is 5.92 Å². The van der Waals surface area contributed by atoms with Crippen LogP contribution >= 0.6 is 12.2 Å². The Morgan fingerprint density at radius 1 is 1.25 bits per heavy atom. The summed E-state index contributed by atoms with van der Waals surface area (Å²) in [5.41, 5.74) is 1.09. The second-order valence-electron chi connectivity index (χ2n) is 5.87. The number of anilines is 1. The minimum absolute atomic E-state index is 0.317. The summed E-state index contributed by atoms with van der Waals surface area (Å²) in [4.78, 5) is 25.8. The molecule has 0 radical (unpaired) electrons. The van der Waals surface area contributed by atoms with E-state index in [4.69, 9.17) is 21.7 Å². The maximum atomic E-state index is 12.0. The normalized spacial score (nSPS) is 17.1. The maximum Gasteiger partial charge on any atom is 0.339 e. The van der Waals surface area contributed by atoms with Crippen molar-refractivity contribution in [3.8, 4) is 0 Å². The molecule has 1 aliphatic rings. The fourth-order valence-electron chi connectivity index (χ4n) is 2.75. The van der Waals surface area contributed by atoms with Gasteiger partial charge in [-0.3, -0.25) is 0 Å². The summed E-state index contributed by atoms with van der Waals surface area (Å²) in [6, 6.07) is 4.61. The summed E-state index contributed by atoms with van der Waals surface area (Å²) in [6.07, 6.45) is 2.26. The lowest BCUT2D eigenvalue weighted by atomic mass is 10.0. The molecule has 0 aromatic heterocycles. The van der Waals surface area contributed by atoms with Gasteiger partial charge in [0.05, 0.1) is 31.0 Å². The van der Waals surface area contributed by atoms with Crippen LogP contribution in [0.15, 0.2) is 18.2 Å². The minimum Gasteiger partial charge on any atom is -0.465 e. The first-order valence-corrected chi connectivity index (χ1v) is 8.23. The van der Waals surface area contributed by atoms with Gasteiger partial charge in [-0.15, -0.1) is 0 Å². The predicted molar refractivity (Wildman–Crippen MR) is 95.3 cm³/mol. The number of nitrogens with zero attached hydrogens (tertiary/aromatic N) is 1. The van der Waals surface area contributed by atoms with Crippen LogP contribution in [0.2, 0.25) is 0 Å². The number of nitrogens with one attached hydrogen (secondary N) is 1. The van der Waals surface area contributed by atoms with E-state index in [2.05, 4.69) is 17.1 Å². The fourth-order valence-corrected chi connectivity index (χ4v) is 3.02. The highest BCUT2D eigenvalue weighted by atomic mass is 32.1. The van der Waals surface area contributed by atoms with Gasteiger partial charge >= 0.3 is 11.9 Å². The SMILES string of the molecule is COC(=O)c1ccc(C(=O)OC)c(NC(=S)N2CCC[C@@H](C)C2)c1. The third-order valence-corrected chi connectivity index (χ3v) is 4.39. The summed E-state index contributed by atoms with van der Waals surface area (Å²) in [6.45, 7) is 3.93. The highest BCUT2D eigenvalue weighted by Crippen LogP contribution is 2.22. The molecule has 0 saturated carbocycles. The van der Waals surface area contributed by atoms with Crippen LogP contribution in [0.4, 0.5) is 5.69 Å². The van der Waals surface area contributed by atoms with Crippen molar-refractivity contribution in [3.05, 3.63) is 29.3 Å². The van der Waals surface area contributed by atoms with Crippen molar-refractivity contribution in [2.24, 2.45) is 5.92 Å². The number of ether oxygens (including phenoxy) is 2. The number of thiocarbonyl (C=S) groups is 1. The molecule has 0 aliphatic carbocycles. The average molecular weight is 350 g/mol. The molecule has 0 amide bonds. The van der Waals surface area contributed by atoms with Crippen LogP contribution in [-0.4, -0.2) is 49.3 Å². The van der Waals surface area contributed by atoms with E-state index in [0.29, 0.717) is 27.8 Å². The van der Waals surface area contributed by atoms with Crippen molar-refractivity contribution in [1.82, 2.24) is 4.90 Å². The smallest absolute Gasteiger partial charge is 0.339 e. The van der Waals surface area contributed by atoms with Gasteiger partial charge in [-0.25, -0.2) is 9.59 Å². The van der Waals surface area contributed by atoms with Gasteiger partial charge in [0.15, 0.2) is 5.11 Å². The van der Waals surface area contributed by atoms with E-state index in [0.717, 1.165) is 19.5 Å². The van der Waals surface area contributed by atoms with E-state index in [-0.39, 0.29) is 0 Å². The number of benzene rings is 1. The quantitative estimate of drug-likeness (QED) is 0.664. The maximum absolute atomic E-state index is 12.0. The lowest BCUT2D eigenvalue weighted by Gasteiger charge is -2.33. The van der Waals surface area contributed by atoms with Gasteiger partial charge in [0, 0.05) is 13.1 Å². The molecule has 1 aliphatic heterocycles. The van der Waals surface area contributed by atoms with Crippen LogP contribution in [0.1, 0.15) is 40.5 Å². The topological polar surface area (TPSA) is 67.9 Å². The molecule has 6 nitrogen and oxygen atoms in total. The summed E-state index contributed by atoms with van der Waals surface area (Å²) in [7, 11) is 2.62. The molecule has 1 aromatic rings. The molecule has 0 spiro atoms. The fraction of sp³-hybridized carbons (Fsp3) is 0.471. The van der Waals surface area contributed by atoms with E-state index in [1.807, 2.05) is 0 Å². The Bertz CT molecular complexity index is 647. The zero-order valence-corrected chi connectivity index (χ0v) is 14.9. The van der Waals surface area contributed by atoms with Crippen molar-refractivity contribution in [3.63, 3.8) is 0 Å². The van der Waals surface area contributed by atoms with E-state index < -0.39 is 11.9 Å². The van der Waals surface area contributed by atoms with Crippen molar-refractivity contribution < 1.29 is 19.1 Å². The molecule has 0 bridgehead atoms. The molecular weight excluding hydrogens is 328 g/mol. The molecule has 1 aromatic carbocycles. The van der Waals surface area contributed by atoms with Gasteiger partial charge in [0.2, 0.25) is 0 Å². The molecule has 0 unspecified atom stereocenters. The Hall–Kier alpha value is -2.15. The zero-order valence-electron chi connectivity index (χ0n) is 14.1. The number of esters is 2. The first kappa shape index (κ1) is 18.2. The Morgan fingerprint density at radius 2 is 1.96 bits per heavy atom. The third kappa shape index (κ3) is 4.23. The average Bonchev–Trinajstić information content (AvgIpc) is 2.60. The van der Waals surface area contributed by atoms with Gasteiger partial charge in [-0.2, -0.15) is 0 Å². The van der Waals surface area contributed by atoms with E-state index in [1.165, 1.54) is 32.8 Å². The van der Waals surface area contributed by atoms with Crippen LogP contribution in [-0.2, 0) is 9.47 Å². The first-order chi connectivity index (χ1) is 11.5. The van der Waals surface area contributed by atoms with Crippen LogP contribution in [0.25, 0.3) is 0 Å². The number of piperidine rings is 1. The summed E-state index contributed by atoms with van der Waals surface area (Å²) < 4.78 is 9.52. The molecule has 1 heterocycles. The lowest BCUT2D eigenvalue weighted by molar-refractivity contribution is 0.0587. The Kier molecular flexibility index (Phi) is 6.14. The number of methoxy groups -OCH3 is 2. The van der Waals surface area contributed by atoms with Gasteiger partial charge < -0.3 is 19.7 Å². The van der Waals surface area contributed by atoms with Crippen molar-refractivity contribution in [1.29, 1.82) is 0 Å². The highest BCUT2D eigenvalue weighted by molar-refractivity contribution is 7.80. The Labute approximate surface area is 147 Å². The number of hydrogen-bond acceptors (Lipinski definition) is 5. The molecular formula is C17H22N2O4S. The highest BCUT2D eigenvalue weighted by Gasteiger charge is 2.21. The largest absolute Gasteiger partial charge is 0.465 e. The molecule has 1 saturated heterocycles. The first-order valence-electron chi connectivity index (χ1n) is 7.83. The number of carbonyl (C=O) groups excluding carboxylic acids is 2. The molecule has 24 heavy (non-hydrogen) atoms. The molecule has 7 heteroatoms. The van der Waals surface area contributed by atoms with Crippen LogP contribution in [0.5, 0.6) is 0 Å². The van der Waals surface area contributed by atoms with Gasteiger partial charge in [0.25, 0.3) is 0 Å². The summed E-state index contributed by atoms with van der Waals surface area (Å²) >= 11 is 5.48. The monoisotopic (exact) mass is 350 g/mol. The van der Waals surface area contributed by atoms with Gasteiger partial charge in [-0.1, -0.05) is 6.92 Å². The summed E-state index contributed by atoms with van der Waals surface area (Å²) in [5, 5.41) is 3.62. The lowest BCUT2D eigenvalue weighted by Crippen LogP contribution is -2.41.